The second-order valence-corrected chi connectivity index (χ2v) is 5.66. The Balaban J connectivity index is 2.57. The predicted octanol–water partition coefficient (Wildman–Crippen LogP) is 2.94. The van der Waals surface area contributed by atoms with Crippen molar-refractivity contribution in [3.63, 3.8) is 0 Å². The topological polar surface area (TPSA) is 79.9 Å². The highest BCUT2D eigenvalue weighted by Crippen LogP contribution is 2.33. The fourth-order valence-corrected chi connectivity index (χ4v) is 2.51. The average Bonchev–Trinajstić information content (AvgIpc) is 2.51. The molecule has 0 atom stereocenters. The molecule has 5 heteroatoms. The molecule has 5 nitrogen and oxygen atoms in total. The van der Waals surface area contributed by atoms with E-state index in [4.69, 9.17) is 14.3 Å². The lowest BCUT2D eigenvalue weighted by Crippen LogP contribution is -2.08. The first-order valence-electron chi connectivity index (χ1n) is 7.58. The number of hydrogen-bond donors (Lipinski definition) is 2. The number of fused-ring (bicyclic) bond motifs is 1. The lowest BCUT2D eigenvalue weighted by molar-refractivity contribution is 0.287. The first-order valence-corrected chi connectivity index (χ1v) is 7.58. The molecule has 0 aliphatic rings. The Hall–Kier alpha value is -2.27. The van der Waals surface area contributed by atoms with Crippen LogP contribution in [0.4, 0.5) is 0 Å². The van der Waals surface area contributed by atoms with Crippen molar-refractivity contribution < 1.29 is 19.4 Å². The normalized spacial score (nSPS) is 10.9. The molecule has 2 aromatic rings. The fraction of sp³-hybridized carbons (Fsp3) is 0.389. The number of benzene rings is 1. The molecule has 1 aromatic carbocycles. The van der Waals surface area contributed by atoms with Gasteiger partial charge in [0.15, 0.2) is 0 Å². The van der Waals surface area contributed by atoms with Gasteiger partial charge in [0, 0.05) is 12.7 Å². The maximum atomic E-state index is 12.1. The Morgan fingerprint density at radius 3 is 2.70 bits per heavy atom. The minimum absolute atomic E-state index is 0.0506. The largest absolute Gasteiger partial charge is 0.507 e. The molecule has 0 fully saturated rings. The van der Waals surface area contributed by atoms with E-state index in [9.17, 15) is 9.90 Å². The zero-order valence-electron chi connectivity index (χ0n) is 13.5. The van der Waals surface area contributed by atoms with E-state index in [1.165, 1.54) is 7.11 Å². The second kappa shape index (κ2) is 7.33. The molecule has 2 N–H and O–H groups in total. The van der Waals surface area contributed by atoms with Gasteiger partial charge in [-0.2, -0.15) is 0 Å². The van der Waals surface area contributed by atoms with Gasteiger partial charge in [0.25, 0.3) is 0 Å². The van der Waals surface area contributed by atoms with Gasteiger partial charge in [-0.15, -0.1) is 6.58 Å². The van der Waals surface area contributed by atoms with E-state index in [-0.39, 0.29) is 23.5 Å². The van der Waals surface area contributed by atoms with Gasteiger partial charge in [0.1, 0.15) is 17.1 Å². The zero-order chi connectivity index (χ0) is 17.0. The lowest BCUT2D eigenvalue weighted by atomic mass is 10.0. The highest BCUT2D eigenvalue weighted by molar-refractivity contribution is 5.86. The van der Waals surface area contributed by atoms with Gasteiger partial charge >= 0.3 is 5.63 Å². The number of allylic oxidation sites excluding steroid dienone is 1. The van der Waals surface area contributed by atoms with Crippen LogP contribution in [0.1, 0.15) is 30.9 Å². The second-order valence-electron chi connectivity index (χ2n) is 5.66. The molecular weight excluding hydrogens is 296 g/mol. The van der Waals surface area contributed by atoms with Crippen molar-refractivity contribution in [1.82, 2.24) is 0 Å². The molecule has 0 radical (unpaired) electrons. The van der Waals surface area contributed by atoms with Gasteiger partial charge in [-0.3, -0.25) is 0 Å². The molecule has 0 aliphatic heterocycles. The number of ether oxygens (including phenoxy) is 1. The van der Waals surface area contributed by atoms with Gasteiger partial charge in [0.2, 0.25) is 0 Å². The molecule has 0 aliphatic carbocycles. The summed E-state index contributed by atoms with van der Waals surface area (Å²) in [6.45, 7) is 5.75. The van der Waals surface area contributed by atoms with E-state index >= 15 is 0 Å². The Morgan fingerprint density at radius 1 is 1.35 bits per heavy atom. The number of rotatable bonds is 7. The van der Waals surface area contributed by atoms with Crippen LogP contribution >= 0.6 is 0 Å². The van der Waals surface area contributed by atoms with Gasteiger partial charge in [-0.05, 0) is 44.2 Å². The number of aromatic hydroxyl groups is 1. The minimum atomic E-state index is -0.540. The Kier molecular flexibility index (Phi) is 5.45. The third kappa shape index (κ3) is 3.74. The SMILES string of the molecule is C=C(C)CCc1c(O)c2cc(CCCO)c(OC)cc2oc1=O. The monoisotopic (exact) mass is 318 g/mol. The molecule has 0 bridgehead atoms. The summed E-state index contributed by atoms with van der Waals surface area (Å²) in [5.41, 5.74) is 1.79. The number of aliphatic hydroxyl groups is 1. The highest BCUT2D eigenvalue weighted by Gasteiger charge is 2.16. The van der Waals surface area contributed by atoms with Crippen LogP contribution in [0.25, 0.3) is 11.0 Å². The summed E-state index contributed by atoms with van der Waals surface area (Å²) in [5.74, 6) is 0.522. The molecule has 0 saturated heterocycles. The average molecular weight is 318 g/mol. The van der Waals surface area contributed by atoms with Crippen LogP contribution in [-0.4, -0.2) is 23.9 Å². The molecule has 1 aromatic heterocycles. The standard InChI is InChI=1S/C18H22O5/c1-11(2)6-7-13-17(20)14-9-12(5-4-8-19)15(22-3)10-16(14)23-18(13)21/h9-10,19-20H,1,4-8H2,2-3H3. The van der Waals surface area contributed by atoms with E-state index in [1.54, 1.807) is 12.1 Å². The van der Waals surface area contributed by atoms with Gasteiger partial charge in [-0.1, -0.05) is 5.57 Å². The van der Waals surface area contributed by atoms with Crippen LogP contribution in [0.3, 0.4) is 0 Å². The maximum absolute atomic E-state index is 12.1. The minimum Gasteiger partial charge on any atom is -0.507 e. The van der Waals surface area contributed by atoms with E-state index < -0.39 is 5.63 Å². The summed E-state index contributed by atoms with van der Waals surface area (Å²) in [6.07, 6.45) is 2.19. The number of aliphatic hydroxyl groups excluding tert-OH is 1. The smallest absolute Gasteiger partial charge is 0.343 e. The lowest BCUT2D eigenvalue weighted by Gasteiger charge is -2.12. The van der Waals surface area contributed by atoms with E-state index in [1.807, 2.05) is 6.92 Å². The summed E-state index contributed by atoms with van der Waals surface area (Å²) in [7, 11) is 1.53. The fourth-order valence-electron chi connectivity index (χ4n) is 2.51. The zero-order valence-corrected chi connectivity index (χ0v) is 13.5. The summed E-state index contributed by atoms with van der Waals surface area (Å²) < 4.78 is 10.6. The van der Waals surface area contributed by atoms with Gasteiger partial charge < -0.3 is 19.4 Å². The van der Waals surface area contributed by atoms with Crippen molar-refractivity contribution in [2.45, 2.75) is 32.6 Å². The van der Waals surface area contributed by atoms with E-state index in [0.717, 1.165) is 11.1 Å². The first-order chi connectivity index (χ1) is 11.0. The van der Waals surface area contributed by atoms with Gasteiger partial charge in [0.05, 0.1) is 18.1 Å². The molecule has 1 heterocycles. The summed E-state index contributed by atoms with van der Waals surface area (Å²) >= 11 is 0. The van der Waals surface area contributed by atoms with Crippen molar-refractivity contribution in [1.29, 1.82) is 0 Å². The van der Waals surface area contributed by atoms with Crippen molar-refractivity contribution >= 4 is 11.0 Å². The van der Waals surface area contributed by atoms with Crippen LogP contribution in [0.15, 0.2) is 33.5 Å². The molecule has 2 rings (SSSR count). The van der Waals surface area contributed by atoms with Crippen molar-refractivity contribution in [2.75, 3.05) is 13.7 Å². The first kappa shape index (κ1) is 17.1. The van der Waals surface area contributed by atoms with Crippen LogP contribution < -0.4 is 10.4 Å². The molecular formula is C18H22O5. The third-order valence-electron chi connectivity index (χ3n) is 3.78. The predicted molar refractivity (Wildman–Crippen MR) is 89.2 cm³/mol. The molecule has 23 heavy (non-hydrogen) atoms. The van der Waals surface area contributed by atoms with Crippen LogP contribution in [0, 0.1) is 0 Å². The van der Waals surface area contributed by atoms with Crippen molar-refractivity contribution in [3.05, 3.63) is 45.8 Å². The Bertz CT molecular complexity index is 773. The summed E-state index contributed by atoms with van der Waals surface area (Å²) in [4.78, 5) is 12.1. The molecule has 0 saturated carbocycles. The number of methoxy groups -OCH3 is 1. The van der Waals surface area contributed by atoms with Crippen molar-refractivity contribution in [3.8, 4) is 11.5 Å². The van der Waals surface area contributed by atoms with E-state index in [0.29, 0.717) is 36.8 Å². The van der Waals surface area contributed by atoms with Crippen molar-refractivity contribution in [2.24, 2.45) is 0 Å². The highest BCUT2D eigenvalue weighted by atomic mass is 16.5. The van der Waals surface area contributed by atoms with Gasteiger partial charge in [-0.25, -0.2) is 4.79 Å². The molecule has 0 amide bonds. The Labute approximate surface area is 134 Å². The summed E-state index contributed by atoms with van der Waals surface area (Å²) in [5, 5.41) is 20.0. The van der Waals surface area contributed by atoms with Crippen LogP contribution in [0.5, 0.6) is 11.5 Å². The summed E-state index contributed by atoms with van der Waals surface area (Å²) in [6, 6.07) is 3.36. The van der Waals surface area contributed by atoms with Crippen LogP contribution in [0.2, 0.25) is 0 Å². The third-order valence-corrected chi connectivity index (χ3v) is 3.78. The molecule has 0 spiro atoms. The van der Waals surface area contributed by atoms with E-state index in [2.05, 4.69) is 6.58 Å². The number of hydrogen-bond acceptors (Lipinski definition) is 5. The number of aryl methyl sites for hydroxylation is 1. The quantitative estimate of drug-likeness (QED) is 0.606. The van der Waals surface area contributed by atoms with Crippen LogP contribution in [-0.2, 0) is 12.8 Å². The maximum Gasteiger partial charge on any atom is 0.343 e. The molecule has 0 unspecified atom stereocenters. The molecule has 124 valence electrons. The Morgan fingerprint density at radius 2 is 2.09 bits per heavy atom.